The van der Waals surface area contributed by atoms with Gasteiger partial charge in [0, 0.05) is 12.6 Å². The molecule has 19 heavy (non-hydrogen) atoms. The van der Waals surface area contributed by atoms with Gasteiger partial charge in [0.25, 0.3) is 0 Å². The zero-order valence-corrected chi connectivity index (χ0v) is 14.4. The minimum atomic E-state index is 0.458. The van der Waals surface area contributed by atoms with Crippen LogP contribution in [0.1, 0.15) is 78.6 Å². The summed E-state index contributed by atoms with van der Waals surface area (Å²) in [5.41, 5.74) is 0.458. The Balaban J connectivity index is 2.66. The van der Waals surface area contributed by atoms with Crippen LogP contribution < -0.4 is 0 Å². The summed E-state index contributed by atoms with van der Waals surface area (Å²) in [6, 6.07) is 0.853. The van der Waals surface area contributed by atoms with E-state index in [4.69, 9.17) is 12.6 Å². The van der Waals surface area contributed by atoms with E-state index >= 15 is 0 Å². The van der Waals surface area contributed by atoms with Gasteiger partial charge in [-0.25, -0.2) is 0 Å². The number of hydrogen-bond donors (Lipinski definition) is 1. The van der Waals surface area contributed by atoms with Crippen LogP contribution in [0.15, 0.2) is 0 Å². The second-order valence-electron chi connectivity index (χ2n) is 6.51. The predicted molar refractivity (Wildman–Crippen MR) is 90.2 cm³/mol. The molecule has 0 bridgehead atoms. The monoisotopic (exact) mass is 285 g/mol. The Hall–Kier alpha value is 0.310. The maximum absolute atomic E-state index is 4.72. The van der Waals surface area contributed by atoms with Crippen LogP contribution in [0, 0.1) is 5.41 Å². The van der Waals surface area contributed by atoms with Crippen molar-refractivity contribution in [1.29, 1.82) is 0 Å². The van der Waals surface area contributed by atoms with Gasteiger partial charge in [0.2, 0.25) is 0 Å². The average Bonchev–Trinajstić information content (AvgIpc) is 2.46. The van der Waals surface area contributed by atoms with E-state index in [9.17, 15) is 0 Å². The van der Waals surface area contributed by atoms with Gasteiger partial charge in [-0.05, 0) is 43.4 Å². The third-order valence-electron chi connectivity index (χ3n) is 4.93. The lowest BCUT2D eigenvalue weighted by atomic mass is 9.79. The molecular formula is C17H35NS. The van der Waals surface area contributed by atoms with Gasteiger partial charge in [0.1, 0.15) is 0 Å². The highest BCUT2D eigenvalue weighted by molar-refractivity contribution is 7.80. The van der Waals surface area contributed by atoms with Crippen molar-refractivity contribution in [2.45, 2.75) is 84.6 Å². The summed E-state index contributed by atoms with van der Waals surface area (Å²) in [6.45, 7) is 9.48. The summed E-state index contributed by atoms with van der Waals surface area (Å²) < 4.78 is 0. The molecule has 1 aliphatic carbocycles. The summed E-state index contributed by atoms with van der Waals surface area (Å²) in [4.78, 5) is 2.78. The standard InChI is InChI=1S/C17H35NS/c1-4-12-17(15-19,13-5-2)14-18(6-3)16-10-8-7-9-11-16/h16,19H,4-15H2,1-3H3. The van der Waals surface area contributed by atoms with Crippen molar-refractivity contribution in [2.24, 2.45) is 5.41 Å². The molecule has 0 atom stereocenters. The molecule has 1 fully saturated rings. The van der Waals surface area contributed by atoms with Crippen LogP contribution in [0.25, 0.3) is 0 Å². The van der Waals surface area contributed by atoms with Crippen molar-refractivity contribution in [3.63, 3.8) is 0 Å². The van der Waals surface area contributed by atoms with Crippen molar-refractivity contribution in [3.05, 3.63) is 0 Å². The highest BCUT2D eigenvalue weighted by Gasteiger charge is 2.31. The highest BCUT2D eigenvalue weighted by atomic mass is 32.1. The normalized spacial score (nSPS) is 18.2. The Labute approximate surface area is 126 Å². The Bertz CT molecular complexity index is 217. The molecule has 2 heteroatoms. The molecule has 0 unspecified atom stereocenters. The summed E-state index contributed by atoms with van der Waals surface area (Å²) in [7, 11) is 0. The fraction of sp³-hybridized carbons (Fsp3) is 1.00. The fourth-order valence-electron chi connectivity index (χ4n) is 3.93. The van der Waals surface area contributed by atoms with Gasteiger partial charge in [-0.2, -0.15) is 12.6 Å². The lowest BCUT2D eigenvalue weighted by Gasteiger charge is -2.42. The van der Waals surface area contributed by atoms with Gasteiger partial charge in [0.05, 0.1) is 0 Å². The first-order chi connectivity index (χ1) is 9.21. The first-order valence-electron chi connectivity index (χ1n) is 8.56. The fourth-order valence-corrected chi connectivity index (χ4v) is 4.34. The molecule has 1 rings (SSSR count). The smallest absolute Gasteiger partial charge is 0.00953 e. The van der Waals surface area contributed by atoms with Crippen molar-refractivity contribution >= 4 is 12.6 Å². The van der Waals surface area contributed by atoms with E-state index in [1.54, 1.807) is 0 Å². The van der Waals surface area contributed by atoms with Gasteiger partial charge >= 0.3 is 0 Å². The summed E-state index contributed by atoms with van der Waals surface area (Å²) in [6.07, 6.45) is 12.5. The molecule has 0 N–H and O–H groups in total. The van der Waals surface area contributed by atoms with Crippen LogP contribution in [-0.2, 0) is 0 Å². The molecule has 0 radical (unpaired) electrons. The van der Waals surface area contributed by atoms with Gasteiger partial charge in [-0.3, -0.25) is 0 Å². The van der Waals surface area contributed by atoms with Crippen LogP contribution in [0.2, 0.25) is 0 Å². The molecule has 1 nitrogen and oxygen atoms in total. The van der Waals surface area contributed by atoms with Crippen molar-refractivity contribution in [3.8, 4) is 0 Å². The zero-order chi connectivity index (χ0) is 14.1. The molecule has 0 aliphatic heterocycles. The van der Waals surface area contributed by atoms with Gasteiger partial charge in [0.15, 0.2) is 0 Å². The predicted octanol–water partition coefficient (Wildman–Crippen LogP) is 5.16. The van der Waals surface area contributed by atoms with Gasteiger partial charge in [-0.15, -0.1) is 0 Å². The lowest BCUT2D eigenvalue weighted by molar-refractivity contribution is 0.0920. The maximum Gasteiger partial charge on any atom is 0.00953 e. The number of rotatable bonds is 9. The van der Waals surface area contributed by atoms with E-state index in [1.165, 1.54) is 70.9 Å². The Morgan fingerprint density at radius 2 is 1.58 bits per heavy atom. The van der Waals surface area contributed by atoms with Crippen LogP contribution in [0.3, 0.4) is 0 Å². The molecule has 0 amide bonds. The number of hydrogen-bond acceptors (Lipinski definition) is 2. The van der Waals surface area contributed by atoms with E-state index in [0.717, 1.165) is 11.8 Å². The maximum atomic E-state index is 4.72. The van der Waals surface area contributed by atoms with Gasteiger partial charge < -0.3 is 4.90 Å². The number of thiol groups is 1. The van der Waals surface area contributed by atoms with Crippen molar-refractivity contribution in [2.75, 3.05) is 18.8 Å². The first kappa shape index (κ1) is 17.4. The van der Waals surface area contributed by atoms with Crippen molar-refractivity contribution < 1.29 is 0 Å². The third kappa shape index (κ3) is 5.30. The molecule has 114 valence electrons. The molecule has 0 aromatic rings. The molecular weight excluding hydrogens is 250 g/mol. The average molecular weight is 286 g/mol. The Kier molecular flexibility index (Phi) is 8.48. The van der Waals surface area contributed by atoms with E-state index < -0.39 is 0 Å². The van der Waals surface area contributed by atoms with Gasteiger partial charge in [-0.1, -0.05) is 52.9 Å². The van der Waals surface area contributed by atoms with Crippen LogP contribution in [0.4, 0.5) is 0 Å². The van der Waals surface area contributed by atoms with Crippen LogP contribution in [0.5, 0.6) is 0 Å². The molecule has 0 heterocycles. The Morgan fingerprint density at radius 3 is 2.00 bits per heavy atom. The first-order valence-corrected chi connectivity index (χ1v) is 9.19. The molecule has 0 aromatic heterocycles. The summed E-state index contributed by atoms with van der Waals surface area (Å²) in [5, 5.41) is 0. The molecule has 1 aliphatic rings. The third-order valence-corrected chi connectivity index (χ3v) is 5.60. The second-order valence-corrected chi connectivity index (χ2v) is 6.83. The van der Waals surface area contributed by atoms with E-state index in [0.29, 0.717) is 5.41 Å². The van der Waals surface area contributed by atoms with Crippen LogP contribution >= 0.6 is 12.6 Å². The van der Waals surface area contributed by atoms with Crippen LogP contribution in [-0.4, -0.2) is 29.8 Å². The van der Waals surface area contributed by atoms with Crippen molar-refractivity contribution in [1.82, 2.24) is 4.90 Å². The largest absolute Gasteiger partial charge is 0.300 e. The Morgan fingerprint density at radius 1 is 1.00 bits per heavy atom. The molecule has 1 saturated carbocycles. The number of nitrogens with zero attached hydrogens (tertiary/aromatic N) is 1. The molecule has 0 spiro atoms. The molecule has 0 saturated heterocycles. The summed E-state index contributed by atoms with van der Waals surface area (Å²) >= 11 is 4.72. The lowest BCUT2D eigenvalue weighted by Crippen LogP contribution is -2.45. The zero-order valence-electron chi connectivity index (χ0n) is 13.5. The van der Waals surface area contributed by atoms with E-state index in [2.05, 4.69) is 25.7 Å². The van der Waals surface area contributed by atoms with E-state index in [-0.39, 0.29) is 0 Å². The summed E-state index contributed by atoms with van der Waals surface area (Å²) in [5.74, 6) is 1.05. The SMILES string of the molecule is CCCC(CS)(CCC)CN(CC)C1CCCCC1. The quantitative estimate of drug-likeness (QED) is 0.573. The minimum Gasteiger partial charge on any atom is -0.300 e. The minimum absolute atomic E-state index is 0.458. The molecule has 0 aromatic carbocycles. The van der Waals surface area contributed by atoms with E-state index in [1.807, 2.05) is 0 Å². The second kappa shape index (κ2) is 9.28. The topological polar surface area (TPSA) is 3.24 Å². The highest BCUT2D eigenvalue weighted by Crippen LogP contribution is 2.34.